The minimum Gasteiger partial charge on any atom is -0.356 e. The summed E-state index contributed by atoms with van der Waals surface area (Å²) in [5.41, 5.74) is 0. The zero-order valence-electron chi connectivity index (χ0n) is 6.22. The lowest BCUT2D eigenvalue weighted by molar-refractivity contribution is -0.106. The van der Waals surface area contributed by atoms with Crippen molar-refractivity contribution in [3.63, 3.8) is 0 Å². The van der Waals surface area contributed by atoms with Crippen LogP contribution in [0.4, 0.5) is 0 Å². The molecule has 2 nitrogen and oxygen atoms in total. The zero-order chi connectivity index (χ0) is 7.11. The lowest BCUT2D eigenvalue weighted by atomic mass is 10.3. The lowest BCUT2D eigenvalue weighted by Crippen LogP contribution is -2.12. The van der Waals surface area contributed by atoms with Gasteiger partial charge in [-0.15, -0.1) is 0 Å². The van der Waals surface area contributed by atoms with E-state index in [4.69, 9.17) is 9.47 Å². The summed E-state index contributed by atoms with van der Waals surface area (Å²) < 4.78 is 9.96. The third-order valence-corrected chi connectivity index (χ3v) is 1.72. The van der Waals surface area contributed by atoms with Gasteiger partial charge in [0.25, 0.3) is 0 Å². The Balaban J connectivity index is 3.09. The average molecular weight is 147 g/mol. The van der Waals surface area contributed by atoms with Crippen molar-refractivity contribution >= 4 is 10.2 Å². The van der Waals surface area contributed by atoms with Gasteiger partial charge in [0.05, 0.1) is 0 Å². The van der Waals surface area contributed by atoms with Gasteiger partial charge in [-0.1, -0.05) is 12.5 Å². The molecule has 0 saturated heterocycles. The molecule has 0 spiro atoms. The van der Waals surface area contributed by atoms with Gasteiger partial charge in [0, 0.05) is 24.5 Å². The summed E-state index contributed by atoms with van der Waals surface area (Å²) in [4.78, 5) is 0. The minimum absolute atomic E-state index is 0.00903. The highest BCUT2D eigenvalue weighted by Crippen LogP contribution is 2.02. The predicted molar refractivity (Wildman–Crippen MR) is 40.4 cm³/mol. The molecule has 0 fully saturated rings. The lowest BCUT2D eigenvalue weighted by Gasteiger charge is -2.11. The molecule has 0 saturated carbocycles. The number of methoxy groups -OCH3 is 2. The molecule has 9 heavy (non-hydrogen) atoms. The first-order chi connectivity index (χ1) is 4.35. The second-order valence-corrected chi connectivity index (χ2v) is 2.60. The van der Waals surface area contributed by atoms with Crippen LogP contribution in [0.1, 0.15) is 12.8 Å². The molecule has 0 aliphatic rings. The van der Waals surface area contributed by atoms with E-state index in [1.54, 1.807) is 14.2 Å². The van der Waals surface area contributed by atoms with E-state index in [-0.39, 0.29) is 6.29 Å². The Morgan fingerprint density at radius 1 is 1.33 bits per heavy atom. The normalized spacial score (nSPS) is 10.7. The summed E-state index contributed by atoms with van der Waals surface area (Å²) >= 11 is 0. The monoisotopic (exact) mass is 147 g/mol. The van der Waals surface area contributed by atoms with Gasteiger partial charge in [0.1, 0.15) is 0 Å². The average Bonchev–Trinajstić information content (AvgIpc) is 1.91. The predicted octanol–water partition coefficient (Wildman–Crippen LogP) is 0.437. The Morgan fingerprint density at radius 2 is 1.89 bits per heavy atom. The van der Waals surface area contributed by atoms with Crippen LogP contribution in [0.3, 0.4) is 0 Å². The van der Waals surface area contributed by atoms with Crippen molar-refractivity contribution in [3.05, 3.63) is 0 Å². The van der Waals surface area contributed by atoms with Gasteiger partial charge < -0.3 is 9.47 Å². The van der Waals surface area contributed by atoms with Crippen LogP contribution in [0, 0.1) is 0 Å². The van der Waals surface area contributed by atoms with Gasteiger partial charge >= 0.3 is 0 Å². The number of ether oxygens (including phenoxy) is 2. The Labute approximate surface area is 60.0 Å². The molecule has 0 aromatic carbocycles. The topological polar surface area (TPSA) is 18.5 Å². The van der Waals surface area contributed by atoms with Crippen LogP contribution in [0.2, 0.25) is 6.04 Å². The SMILES string of the molecule is COC(CCC[SiH2])OC. The summed E-state index contributed by atoms with van der Waals surface area (Å²) in [5.74, 6) is 0. The van der Waals surface area contributed by atoms with Gasteiger partial charge in [-0.25, -0.2) is 0 Å². The van der Waals surface area contributed by atoms with E-state index in [1.165, 1.54) is 12.5 Å². The van der Waals surface area contributed by atoms with Crippen molar-refractivity contribution in [3.8, 4) is 0 Å². The fraction of sp³-hybridized carbons (Fsp3) is 1.00. The first-order valence-corrected chi connectivity index (χ1v) is 4.20. The first kappa shape index (κ1) is 9.14. The molecule has 1 radical (unpaired) electrons. The number of hydrogen-bond donors (Lipinski definition) is 0. The van der Waals surface area contributed by atoms with Gasteiger partial charge in [-0.05, 0) is 6.42 Å². The van der Waals surface area contributed by atoms with E-state index >= 15 is 0 Å². The van der Waals surface area contributed by atoms with E-state index in [9.17, 15) is 0 Å². The second-order valence-electron chi connectivity index (χ2n) is 1.90. The van der Waals surface area contributed by atoms with Crippen molar-refractivity contribution < 1.29 is 9.47 Å². The number of hydrogen-bond acceptors (Lipinski definition) is 2. The Kier molecular flexibility index (Phi) is 6.35. The van der Waals surface area contributed by atoms with E-state index in [2.05, 4.69) is 0 Å². The summed E-state index contributed by atoms with van der Waals surface area (Å²) in [5, 5.41) is 0. The Morgan fingerprint density at radius 3 is 2.22 bits per heavy atom. The maximum atomic E-state index is 4.98. The van der Waals surface area contributed by atoms with Crippen LogP contribution in [0.5, 0.6) is 0 Å². The molecule has 0 aromatic rings. The maximum absolute atomic E-state index is 4.98. The van der Waals surface area contributed by atoms with Gasteiger partial charge in [0.2, 0.25) is 0 Å². The molecular formula is C6H15O2Si. The smallest absolute Gasteiger partial charge is 0.156 e. The number of rotatable bonds is 5. The van der Waals surface area contributed by atoms with E-state index in [0.29, 0.717) is 0 Å². The molecular weight excluding hydrogens is 132 g/mol. The third kappa shape index (κ3) is 4.63. The summed E-state index contributed by atoms with van der Waals surface area (Å²) in [6.45, 7) is 0. The molecule has 0 heterocycles. The first-order valence-electron chi connectivity index (χ1n) is 3.20. The zero-order valence-corrected chi connectivity index (χ0v) is 7.64. The highest BCUT2D eigenvalue weighted by Gasteiger charge is 2.01. The maximum Gasteiger partial charge on any atom is 0.156 e. The van der Waals surface area contributed by atoms with Crippen LogP contribution >= 0.6 is 0 Å². The van der Waals surface area contributed by atoms with E-state index in [0.717, 1.165) is 6.42 Å². The van der Waals surface area contributed by atoms with Crippen molar-refractivity contribution in [2.45, 2.75) is 25.2 Å². The fourth-order valence-electron chi connectivity index (χ4n) is 0.643. The molecule has 0 aliphatic carbocycles. The quantitative estimate of drug-likeness (QED) is 0.415. The standard InChI is InChI=1S/C6H15O2Si/c1-7-6(8-2)4-3-5-9/h6H,3-5,9H2,1-2H3. The molecule has 0 aromatic heterocycles. The van der Waals surface area contributed by atoms with Gasteiger partial charge in [-0.3, -0.25) is 0 Å². The van der Waals surface area contributed by atoms with Crippen molar-refractivity contribution in [2.75, 3.05) is 14.2 Å². The van der Waals surface area contributed by atoms with E-state index < -0.39 is 0 Å². The molecule has 0 aliphatic heterocycles. The summed E-state index contributed by atoms with van der Waals surface area (Å²) in [7, 11) is 5.33. The summed E-state index contributed by atoms with van der Waals surface area (Å²) in [6.07, 6.45) is 2.20. The highest BCUT2D eigenvalue weighted by atomic mass is 28.1. The van der Waals surface area contributed by atoms with Crippen LogP contribution in [0.25, 0.3) is 0 Å². The molecule has 0 unspecified atom stereocenters. The Hall–Kier alpha value is 0.137. The highest BCUT2D eigenvalue weighted by molar-refractivity contribution is 6.08. The minimum atomic E-state index is 0.00903. The molecule has 0 amide bonds. The molecule has 0 N–H and O–H groups in total. The van der Waals surface area contributed by atoms with Crippen molar-refractivity contribution in [1.82, 2.24) is 0 Å². The van der Waals surface area contributed by atoms with Crippen LogP contribution in [0.15, 0.2) is 0 Å². The van der Waals surface area contributed by atoms with Crippen molar-refractivity contribution in [1.29, 1.82) is 0 Å². The van der Waals surface area contributed by atoms with Crippen LogP contribution < -0.4 is 0 Å². The van der Waals surface area contributed by atoms with Gasteiger partial charge in [-0.2, -0.15) is 0 Å². The van der Waals surface area contributed by atoms with Gasteiger partial charge in [0.15, 0.2) is 6.29 Å². The van der Waals surface area contributed by atoms with E-state index in [1.807, 2.05) is 10.2 Å². The van der Waals surface area contributed by atoms with Crippen LogP contribution in [-0.2, 0) is 9.47 Å². The molecule has 55 valence electrons. The second kappa shape index (κ2) is 6.26. The van der Waals surface area contributed by atoms with Crippen molar-refractivity contribution in [2.24, 2.45) is 0 Å². The third-order valence-electron chi connectivity index (χ3n) is 1.22. The molecule has 0 atom stereocenters. The molecule has 0 rings (SSSR count). The Bertz CT molecular complexity index is 55.0. The van der Waals surface area contributed by atoms with Crippen LogP contribution in [-0.4, -0.2) is 30.8 Å². The molecule has 0 bridgehead atoms. The largest absolute Gasteiger partial charge is 0.356 e. The molecule has 3 heteroatoms. The fourth-order valence-corrected chi connectivity index (χ4v) is 0.932. The summed E-state index contributed by atoms with van der Waals surface area (Å²) in [6, 6.07) is 1.23.